The van der Waals surface area contributed by atoms with Crippen molar-refractivity contribution in [3.05, 3.63) is 23.1 Å². The van der Waals surface area contributed by atoms with Crippen LogP contribution in [0.2, 0.25) is 5.02 Å². The van der Waals surface area contributed by atoms with E-state index in [1.54, 1.807) is 17.1 Å². The number of nitrogens with one attached hydrogen (secondary N) is 1. The van der Waals surface area contributed by atoms with Crippen molar-refractivity contribution in [3.63, 3.8) is 0 Å². The number of H-pyrrole nitrogens is 1. The summed E-state index contributed by atoms with van der Waals surface area (Å²) in [6, 6.07) is 0. The molecule has 0 aromatic carbocycles. The van der Waals surface area contributed by atoms with E-state index in [9.17, 15) is 0 Å². The molecule has 2 rings (SSSR count). The first-order chi connectivity index (χ1) is 6.20. The molecule has 0 atom stereocenters. The Morgan fingerprint density at radius 2 is 2.23 bits per heavy atom. The molecule has 1 N–H and O–H groups in total. The van der Waals surface area contributed by atoms with Crippen molar-refractivity contribution in [1.82, 2.24) is 20.0 Å². The van der Waals surface area contributed by atoms with Gasteiger partial charge in [-0.15, -0.1) is 0 Å². The minimum atomic E-state index is 0.621. The smallest absolute Gasteiger partial charge is 0.0871 e. The van der Waals surface area contributed by atoms with Crippen molar-refractivity contribution in [2.75, 3.05) is 0 Å². The summed E-state index contributed by atoms with van der Waals surface area (Å²) in [7, 11) is 1.89. The quantitative estimate of drug-likeness (QED) is 0.756. The minimum Gasteiger partial charge on any atom is -0.276 e. The third-order valence-electron chi connectivity index (χ3n) is 2.10. The van der Waals surface area contributed by atoms with Crippen molar-refractivity contribution < 1.29 is 0 Å². The minimum absolute atomic E-state index is 0.621. The van der Waals surface area contributed by atoms with Gasteiger partial charge in [-0.3, -0.25) is 9.78 Å². The standard InChI is InChI=1S/C8H9ClN4/c1-5-6(3-11-13(5)2)8-7(9)4-10-12-8/h3-4H,1-2H3,(H,10,12). The Hall–Kier alpha value is -1.29. The summed E-state index contributed by atoms with van der Waals surface area (Å²) in [5.41, 5.74) is 2.88. The first-order valence-corrected chi connectivity index (χ1v) is 4.26. The van der Waals surface area contributed by atoms with Crippen LogP contribution in [0.4, 0.5) is 0 Å². The molecule has 0 amide bonds. The van der Waals surface area contributed by atoms with E-state index in [2.05, 4.69) is 15.3 Å². The Morgan fingerprint density at radius 3 is 2.69 bits per heavy atom. The van der Waals surface area contributed by atoms with Crippen molar-refractivity contribution in [1.29, 1.82) is 0 Å². The summed E-state index contributed by atoms with van der Waals surface area (Å²) in [6.45, 7) is 1.99. The summed E-state index contributed by atoms with van der Waals surface area (Å²) in [4.78, 5) is 0. The van der Waals surface area contributed by atoms with Crippen LogP contribution in [0.3, 0.4) is 0 Å². The van der Waals surface area contributed by atoms with Crippen LogP contribution in [0, 0.1) is 6.92 Å². The van der Waals surface area contributed by atoms with Gasteiger partial charge in [0.2, 0.25) is 0 Å². The van der Waals surface area contributed by atoms with Crippen LogP contribution in [-0.2, 0) is 7.05 Å². The predicted octanol–water partition coefficient (Wildman–Crippen LogP) is 1.77. The molecule has 0 aliphatic rings. The SMILES string of the molecule is Cc1c(-c2[nH]ncc2Cl)cnn1C. The van der Waals surface area contributed by atoms with Crippen LogP contribution in [-0.4, -0.2) is 20.0 Å². The lowest BCUT2D eigenvalue weighted by atomic mass is 10.2. The first-order valence-electron chi connectivity index (χ1n) is 3.88. The Labute approximate surface area is 80.5 Å². The van der Waals surface area contributed by atoms with Gasteiger partial charge in [0.25, 0.3) is 0 Å². The maximum absolute atomic E-state index is 5.92. The van der Waals surface area contributed by atoms with Gasteiger partial charge in [-0.05, 0) is 6.92 Å². The number of nitrogens with zero attached hydrogens (tertiary/aromatic N) is 3. The fourth-order valence-corrected chi connectivity index (χ4v) is 1.40. The molecular formula is C8H9ClN4. The number of hydrogen-bond donors (Lipinski definition) is 1. The molecule has 0 aliphatic heterocycles. The molecule has 5 heteroatoms. The number of aromatic amines is 1. The lowest BCUT2D eigenvalue weighted by Gasteiger charge is -1.97. The number of aromatic nitrogens is 4. The van der Waals surface area contributed by atoms with Crippen LogP contribution in [0.15, 0.2) is 12.4 Å². The topological polar surface area (TPSA) is 46.5 Å². The van der Waals surface area contributed by atoms with E-state index in [0.29, 0.717) is 5.02 Å². The zero-order valence-corrected chi connectivity index (χ0v) is 8.13. The van der Waals surface area contributed by atoms with Crippen LogP contribution in [0.25, 0.3) is 11.3 Å². The Balaban J connectivity index is 2.59. The van der Waals surface area contributed by atoms with Crippen LogP contribution in [0.5, 0.6) is 0 Å². The summed E-state index contributed by atoms with van der Waals surface area (Å²) in [5.74, 6) is 0. The van der Waals surface area contributed by atoms with Gasteiger partial charge < -0.3 is 0 Å². The van der Waals surface area contributed by atoms with Crippen LogP contribution >= 0.6 is 11.6 Å². The number of rotatable bonds is 1. The second kappa shape index (κ2) is 2.88. The van der Waals surface area contributed by atoms with Crippen LogP contribution < -0.4 is 0 Å². The highest BCUT2D eigenvalue weighted by Gasteiger charge is 2.10. The molecule has 0 radical (unpaired) electrons. The summed E-state index contributed by atoms with van der Waals surface area (Å²) < 4.78 is 1.80. The van der Waals surface area contributed by atoms with Gasteiger partial charge in [-0.25, -0.2) is 0 Å². The molecule has 2 aromatic heterocycles. The van der Waals surface area contributed by atoms with Crippen molar-refractivity contribution >= 4 is 11.6 Å². The zero-order valence-electron chi connectivity index (χ0n) is 7.37. The molecule has 0 aliphatic carbocycles. The number of halogens is 1. The lowest BCUT2D eigenvalue weighted by molar-refractivity contribution is 0.740. The maximum Gasteiger partial charge on any atom is 0.0871 e. The van der Waals surface area contributed by atoms with E-state index in [-0.39, 0.29) is 0 Å². The molecule has 0 saturated heterocycles. The second-order valence-electron chi connectivity index (χ2n) is 2.86. The van der Waals surface area contributed by atoms with Gasteiger partial charge in [-0.1, -0.05) is 11.6 Å². The third-order valence-corrected chi connectivity index (χ3v) is 2.38. The highest BCUT2D eigenvalue weighted by Crippen LogP contribution is 2.26. The average molecular weight is 197 g/mol. The van der Waals surface area contributed by atoms with Crippen molar-refractivity contribution in [2.24, 2.45) is 7.05 Å². The van der Waals surface area contributed by atoms with E-state index in [1.807, 2.05) is 14.0 Å². The Bertz CT molecular complexity index is 429. The second-order valence-corrected chi connectivity index (χ2v) is 3.27. The molecule has 0 saturated carbocycles. The normalized spacial score (nSPS) is 10.7. The van der Waals surface area contributed by atoms with Gasteiger partial charge in [0.15, 0.2) is 0 Å². The molecular weight excluding hydrogens is 188 g/mol. The van der Waals surface area contributed by atoms with E-state index in [1.165, 1.54) is 0 Å². The molecule has 68 valence electrons. The molecule has 4 nitrogen and oxygen atoms in total. The monoisotopic (exact) mass is 196 g/mol. The fraction of sp³-hybridized carbons (Fsp3) is 0.250. The summed E-state index contributed by atoms with van der Waals surface area (Å²) in [5, 5.41) is 11.4. The van der Waals surface area contributed by atoms with Gasteiger partial charge in [0.1, 0.15) is 0 Å². The van der Waals surface area contributed by atoms with Crippen molar-refractivity contribution in [3.8, 4) is 11.3 Å². The van der Waals surface area contributed by atoms with E-state index in [0.717, 1.165) is 17.0 Å². The van der Waals surface area contributed by atoms with Gasteiger partial charge >= 0.3 is 0 Å². The predicted molar refractivity (Wildman–Crippen MR) is 50.5 cm³/mol. The Kier molecular flexibility index (Phi) is 1.84. The third kappa shape index (κ3) is 1.23. The van der Waals surface area contributed by atoms with E-state index < -0.39 is 0 Å². The van der Waals surface area contributed by atoms with Gasteiger partial charge in [-0.2, -0.15) is 10.2 Å². The zero-order chi connectivity index (χ0) is 9.42. The van der Waals surface area contributed by atoms with Gasteiger partial charge in [0, 0.05) is 18.3 Å². The highest BCUT2D eigenvalue weighted by molar-refractivity contribution is 6.32. The molecule has 13 heavy (non-hydrogen) atoms. The molecule has 0 spiro atoms. The summed E-state index contributed by atoms with van der Waals surface area (Å²) in [6.07, 6.45) is 3.36. The molecule has 0 unspecified atom stereocenters. The van der Waals surface area contributed by atoms with E-state index >= 15 is 0 Å². The molecule has 2 heterocycles. The summed E-state index contributed by atoms with van der Waals surface area (Å²) >= 11 is 5.92. The first kappa shape index (κ1) is 8.31. The largest absolute Gasteiger partial charge is 0.276 e. The number of hydrogen-bond acceptors (Lipinski definition) is 2. The molecule has 0 fully saturated rings. The molecule has 0 bridgehead atoms. The van der Waals surface area contributed by atoms with Crippen LogP contribution in [0.1, 0.15) is 5.69 Å². The molecule has 2 aromatic rings. The number of aryl methyl sites for hydroxylation is 1. The lowest BCUT2D eigenvalue weighted by Crippen LogP contribution is -1.92. The Morgan fingerprint density at radius 1 is 1.46 bits per heavy atom. The maximum atomic E-state index is 5.92. The van der Waals surface area contributed by atoms with Crippen molar-refractivity contribution in [2.45, 2.75) is 6.92 Å². The average Bonchev–Trinajstić information content (AvgIpc) is 2.62. The van der Waals surface area contributed by atoms with Gasteiger partial charge in [0.05, 0.1) is 23.1 Å². The van der Waals surface area contributed by atoms with E-state index in [4.69, 9.17) is 11.6 Å². The fourth-order valence-electron chi connectivity index (χ4n) is 1.20. The highest BCUT2D eigenvalue weighted by atomic mass is 35.5.